The number of rotatable bonds is 6. The van der Waals surface area contributed by atoms with E-state index in [1.807, 2.05) is 21.1 Å². The summed E-state index contributed by atoms with van der Waals surface area (Å²) in [6, 6.07) is 0.433. The minimum atomic E-state index is -0.275. The Labute approximate surface area is 158 Å². The standard InChI is InChI=1S/C20H36N4O2/c1-5-26-16-13-15(20(16)11-8-12-20)23-18(21-2)22-14-19(9-6-7-10-19)17(25)24(3)4/h15-16H,5-14H2,1-4H3,(H2,21,22,23). The highest BCUT2D eigenvalue weighted by Crippen LogP contribution is 2.57. The molecule has 3 saturated carbocycles. The molecule has 0 aromatic rings. The molecular formula is C20H36N4O2. The van der Waals surface area contributed by atoms with E-state index < -0.39 is 0 Å². The summed E-state index contributed by atoms with van der Waals surface area (Å²) in [5, 5.41) is 7.10. The average molecular weight is 365 g/mol. The van der Waals surface area contributed by atoms with Crippen LogP contribution in [0.15, 0.2) is 4.99 Å². The normalized spacial score (nSPS) is 29.0. The summed E-state index contributed by atoms with van der Waals surface area (Å²) < 4.78 is 5.95. The minimum Gasteiger partial charge on any atom is -0.378 e. The Hall–Kier alpha value is -1.30. The van der Waals surface area contributed by atoms with E-state index in [-0.39, 0.29) is 11.3 Å². The first-order valence-corrected chi connectivity index (χ1v) is 10.3. The van der Waals surface area contributed by atoms with Gasteiger partial charge in [0.2, 0.25) is 5.91 Å². The van der Waals surface area contributed by atoms with E-state index >= 15 is 0 Å². The van der Waals surface area contributed by atoms with Gasteiger partial charge in [-0.05, 0) is 39.0 Å². The Balaban J connectivity index is 1.58. The Morgan fingerprint density at radius 2 is 1.88 bits per heavy atom. The smallest absolute Gasteiger partial charge is 0.230 e. The zero-order valence-electron chi connectivity index (χ0n) is 16.9. The Morgan fingerprint density at radius 3 is 2.38 bits per heavy atom. The van der Waals surface area contributed by atoms with Crippen molar-refractivity contribution < 1.29 is 9.53 Å². The van der Waals surface area contributed by atoms with Gasteiger partial charge in [0, 0.05) is 45.8 Å². The van der Waals surface area contributed by atoms with Crippen LogP contribution in [0.3, 0.4) is 0 Å². The molecule has 6 heteroatoms. The van der Waals surface area contributed by atoms with Crippen LogP contribution in [0.25, 0.3) is 0 Å². The molecule has 3 aliphatic carbocycles. The molecule has 26 heavy (non-hydrogen) atoms. The summed E-state index contributed by atoms with van der Waals surface area (Å²) in [6.45, 7) is 3.54. The molecule has 0 radical (unpaired) electrons. The number of nitrogens with one attached hydrogen (secondary N) is 2. The highest BCUT2D eigenvalue weighted by atomic mass is 16.5. The van der Waals surface area contributed by atoms with E-state index in [4.69, 9.17) is 4.74 Å². The molecule has 0 aliphatic heterocycles. The fraction of sp³-hybridized carbons (Fsp3) is 0.900. The van der Waals surface area contributed by atoms with Gasteiger partial charge in [0.1, 0.15) is 0 Å². The first kappa shape index (κ1) is 19.5. The molecule has 2 atom stereocenters. The maximum absolute atomic E-state index is 12.7. The fourth-order valence-corrected chi connectivity index (χ4v) is 5.25. The van der Waals surface area contributed by atoms with Gasteiger partial charge in [-0.1, -0.05) is 19.3 Å². The molecule has 3 aliphatic rings. The van der Waals surface area contributed by atoms with Crippen molar-refractivity contribution in [1.82, 2.24) is 15.5 Å². The van der Waals surface area contributed by atoms with E-state index in [9.17, 15) is 4.79 Å². The van der Waals surface area contributed by atoms with Crippen molar-refractivity contribution >= 4 is 11.9 Å². The second-order valence-electron chi connectivity index (χ2n) is 8.58. The molecule has 3 rings (SSSR count). The van der Waals surface area contributed by atoms with E-state index in [0.717, 1.165) is 44.7 Å². The van der Waals surface area contributed by atoms with Gasteiger partial charge < -0.3 is 20.3 Å². The second-order valence-corrected chi connectivity index (χ2v) is 8.58. The van der Waals surface area contributed by atoms with Crippen LogP contribution in [0.4, 0.5) is 0 Å². The summed E-state index contributed by atoms with van der Waals surface area (Å²) in [5.41, 5.74) is 0.0286. The number of hydrogen-bond acceptors (Lipinski definition) is 3. The van der Waals surface area contributed by atoms with Crippen molar-refractivity contribution in [2.24, 2.45) is 15.8 Å². The Kier molecular flexibility index (Phi) is 5.80. The summed E-state index contributed by atoms with van der Waals surface area (Å²) in [6.07, 6.45) is 9.44. The predicted molar refractivity (Wildman–Crippen MR) is 104 cm³/mol. The lowest BCUT2D eigenvalue weighted by molar-refractivity contribution is -0.168. The third kappa shape index (κ3) is 3.32. The van der Waals surface area contributed by atoms with Crippen LogP contribution < -0.4 is 10.6 Å². The number of nitrogens with zero attached hydrogens (tertiary/aromatic N) is 2. The lowest BCUT2D eigenvalue weighted by Gasteiger charge is -2.61. The lowest BCUT2D eigenvalue weighted by atomic mass is 9.51. The van der Waals surface area contributed by atoms with Crippen molar-refractivity contribution in [3.63, 3.8) is 0 Å². The molecular weight excluding hydrogens is 328 g/mol. The molecule has 0 saturated heterocycles. The monoisotopic (exact) mass is 364 g/mol. The van der Waals surface area contributed by atoms with Gasteiger partial charge in [-0.2, -0.15) is 0 Å². The SMILES string of the molecule is CCOC1CC(NC(=NC)NCC2(C(=O)N(C)C)CCCC2)C12CCC2. The van der Waals surface area contributed by atoms with Crippen molar-refractivity contribution in [3.05, 3.63) is 0 Å². The van der Waals surface area contributed by atoms with Gasteiger partial charge in [0.05, 0.1) is 11.5 Å². The van der Waals surface area contributed by atoms with Gasteiger partial charge in [-0.3, -0.25) is 9.79 Å². The number of carbonyl (C=O) groups is 1. The molecule has 0 aromatic heterocycles. The second kappa shape index (κ2) is 7.75. The first-order chi connectivity index (χ1) is 12.5. The number of guanidine groups is 1. The van der Waals surface area contributed by atoms with Gasteiger partial charge in [-0.15, -0.1) is 0 Å². The Bertz CT molecular complexity index is 536. The van der Waals surface area contributed by atoms with Crippen LogP contribution in [0.2, 0.25) is 0 Å². The van der Waals surface area contributed by atoms with Gasteiger partial charge in [0.25, 0.3) is 0 Å². The minimum absolute atomic E-state index is 0.244. The van der Waals surface area contributed by atoms with Crippen LogP contribution >= 0.6 is 0 Å². The molecule has 1 amide bonds. The van der Waals surface area contributed by atoms with Gasteiger partial charge in [-0.25, -0.2) is 0 Å². The number of carbonyl (C=O) groups excluding carboxylic acids is 1. The molecule has 0 aromatic carbocycles. The molecule has 2 unspecified atom stereocenters. The van der Waals surface area contributed by atoms with Crippen molar-refractivity contribution in [2.75, 3.05) is 34.3 Å². The Morgan fingerprint density at radius 1 is 1.19 bits per heavy atom. The number of ether oxygens (including phenoxy) is 1. The van der Waals surface area contributed by atoms with Crippen molar-refractivity contribution in [1.29, 1.82) is 0 Å². The van der Waals surface area contributed by atoms with E-state index in [0.29, 0.717) is 24.1 Å². The van der Waals surface area contributed by atoms with Crippen LogP contribution in [0.1, 0.15) is 58.3 Å². The van der Waals surface area contributed by atoms with Crippen LogP contribution in [-0.2, 0) is 9.53 Å². The summed E-state index contributed by atoms with van der Waals surface area (Å²) in [4.78, 5) is 18.9. The van der Waals surface area contributed by atoms with E-state index in [1.54, 1.807) is 4.90 Å². The van der Waals surface area contributed by atoms with Crippen molar-refractivity contribution in [3.8, 4) is 0 Å². The number of aliphatic imine (C=N–C) groups is 1. The predicted octanol–water partition coefficient (Wildman–Crippen LogP) is 2.15. The zero-order chi connectivity index (χ0) is 18.8. The summed E-state index contributed by atoms with van der Waals surface area (Å²) >= 11 is 0. The fourth-order valence-electron chi connectivity index (χ4n) is 5.25. The highest BCUT2D eigenvalue weighted by molar-refractivity contribution is 5.85. The topological polar surface area (TPSA) is 66.0 Å². The third-order valence-electron chi connectivity index (χ3n) is 6.99. The molecule has 6 nitrogen and oxygen atoms in total. The van der Waals surface area contributed by atoms with Crippen molar-refractivity contribution in [2.45, 2.75) is 70.4 Å². The first-order valence-electron chi connectivity index (χ1n) is 10.3. The molecule has 0 bridgehead atoms. The number of hydrogen-bond donors (Lipinski definition) is 2. The summed E-state index contributed by atoms with van der Waals surface area (Å²) in [7, 11) is 5.53. The lowest BCUT2D eigenvalue weighted by Crippen LogP contribution is -2.68. The molecule has 3 fully saturated rings. The molecule has 148 valence electrons. The van der Waals surface area contributed by atoms with Gasteiger partial charge in [0.15, 0.2) is 5.96 Å². The van der Waals surface area contributed by atoms with E-state index in [2.05, 4.69) is 22.5 Å². The van der Waals surface area contributed by atoms with Crippen LogP contribution in [0.5, 0.6) is 0 Å². The highest BCUT2D eigenvalue weighted by Gasteiger charge is 2.59. The quantitative estimate of drug-likeness (QED) is 0.560. The van der Waals surface area contributed by atoms with Crippen LogP contribution in [0, 0.1) is 10.8 Å². The van der Waals surface area contributed by atoms with Gasteiger partial charge >= 0.3 is 0 Å². The van der Waals surface area contributed by atoms with E-state index in [1.165, 1.54) is 19.3 Å². The molecule has 2 N–H and O–H groups in total. The summed E-state index contributed by atoms with van der Waals surface area (Å²) in [5.74, 6) is 1.07. The maximum Gasteiger partial charge on any atom is 0.230 e. The third-order valence-corrected chi connectivity index (χ3v) is 6.99. The maximum atomic E-state index is 12.7. The number of amides is 1. The zero-order valence-corrected chi connectivity index (χ0v) is 16.9. The molecule has 1 spiro atoms. The van der Waals surface area contributed by atoms with Crippen LogP contribution in [-0.4, -0.2) is 63.2 Å². The average Bonchev–Trinajstić information content (AvgIpc) is 3.04. The largest absolute Gasteiger partial charge is 0.378 e. The molecule has 0 heterocycles.